The molecule has 1 atom stereocenters. The summed E-state index contributed by atoms with van der Waals surface area (Å²) >= 11 is 0. The molecule has 1 unspecified atom stereocenters. The molecule has 0 aliphatic heterocycles. The van der Waals surface area contributed by atoms with Crippen molar-refractivity contribution in [2.45, 2.75) is 52.0 Å². The molecule has 100 valence electrons. The molecule has 0 radical (unpaired) electrons. The van der Waals surface area contributed by atoms with E-state index < -0.39 is 0 Å². The fourth-order valence-electron chi connectivity index (χ4n) is 3.18. The largest absolute Gasteiger partial charge is 0.310 e. The summed E-state index contributed by atoms with van der Waals surface area (Å²) in [6.45, 7) is 5.50. The van der Waals surface area contributed by atoms with Crippen molar-refractivity contribution in [2.24, 2.45) is 11.8 Å². The maximum absolute atomic E-state index is 4.16. The number of hydrogen-bond donors (Lipinski definition) is 1. The highest BCUT2D eigenvalue weighted by Gasteiger charge is 2.27. The van der Waals surface area contributed by atoms with Gasteiger partial charge >= 0.3 is 0 Å². The summed E-state index contributed by atoms with van der Waals surface area (Å²) in [7, 11) is 0. The lowest BCUT2D eigenvalue weighted by molar-refractivity contribution is 0.219. The molecular weight excluding hydrogens is 222 g/mol. The Morgan fingerprint density at radius 3 is 2.39 bits per heavy atom. The molecule has 1 fully saturated rings. The lowest BCUT2D eigenvalue weighted by atomic mass is 9.76. The zero-order valence-corrected chi connectivity index (χ0v) is 11.6. The van der Waals surface area contributed by atoms with Crippen LogP contribution in [0.25, 0.3) is 0 Å². The summed E-state index contributed by atoms with van der Waals surface area (Å²) in [6.07, 6.45) is 12.3. The molecule has 3 heteroatoms. The van der Waals surface area contributed by atoms with Gasteiger partial charge in [0, 0.05) is 24.0 Å². The van der Waals surface area contributed by atoms with Crippen molar-refractivity contribution in [2.75, 3.05) is 6.54 Å². The van der Waals surface area contributed by atoms with E-state index in [-0.39, 0.29) is 0 Å². The maximum Gasteiger partial charge on any atom is 0.115 e. The second kappa shape index (κ2) is 6.83. The fourth-order valence-corrected chi connectivity index (χ4v) is 3.18. The first-order chi connectivity index (χ1) is 8.85. The van der Waals surface area contributed by atoms with Gasteiger partial charge in [0.05, 0.1) is 0 Å². The SMILES string of the molecule is CCNC(c1cncnc1)C1CCC(CC)CC1. The monoisotopic (exact) mass is 247 g/mol. The van der Waals surface area contributed by atoms with E-state index in [1.807, 2.05) is 12.4 Å². The Bertz CT molecular complexity index is 331. The van der Waals surface area contributed by atoms with E-state index in [1.54, 1.807) is 6.33 Å². The average Bonchev–Trinajstić information content (AvgIpc) is 2.46. The number of nitrogens with one attached hydrogen (secondary N) is 1. The van der Waals surface area contributed by atoms with E-state index in [1.165, 1.54) is 37.7 Å². The van der Waals surface area contributed by atoms with Gasteiger partial charge in [0.1, 0.15) is 6.33 Å². The molecule has 3 nitrogen and oxygen atoms in total. The Hall–Kier alpha value is -0.960. The molecule has 0 aromatic carbocycles. The number of nitrogens with zero attached hydrogens (tertiary/aromatic N) is 2. The van der Waals surface area contributed by atoms with Crippen LogP contribution in [0.15, 0.2) is 18.7 Å². The summed E-state index contributed by atoms with van der Waals surface area (Å²) < 4.78 is 0. The Kier molecular flexibility index (Phi) is 5.12. The molecule has 1 aliphatic rings. The third kappa shape index (κ3) is 3.29. The van der Waals surface area contributed by atoms with E-state index in [4.69, 9.17) is 0 Å². The first-order valence-corrected chi connectivity index (χ1v) is 7.33. The van der Waals surface area contributed by atoms with Crippen LogP contribution in [0.4, 0.5) is 0 Å². The predicted octanol–water partition coefficient (Wildman–Crippen LogP) is 3.34. The van der Waals surface area contributed by atoms with Gasteiger partial charge in [-0.3, -0.25) is 0 Å². The molecule has 1 aromatic heterocycles. The molecule has 1 aliphatic carbocycles. The highest BCUT2D eigenvalue weighted by atomic mass is 14.9. The minimum absolute atomic E-state index is 0.439. The van der Waals surface area contributed by atoms with E-state index >= 15 is 0 Å². The molecule has 1 saturated carbocycles. The molecule has 0 spiro atoms. The summed E-state index contributed by atoms with van der Waals surface area (Å²) in [5.74, 6) is 1.70. The predicted molar refractivity (Wildman–Crippen MR) is 74.2 cm³/mol. The molecule has 2 rings (SSSR count). The standard InChI is InChI=1S/C15H25N3/c1-3-12-5-7-13(8-6-12)15(18-4-2)14-9-16-11-17-10-14/h9-13,15,18H,3-8H2,1-2H3. The lowest BCUT2D eigenvalue weighted by Crippen LogP contribution is -2.31. The minimum atomic E-state index is 0.439. The average molecular weight is 247 g/mol. The van der Waals surface area contributed by atoms with Crippen LogP contribution in [-0.4, -0.2) is 16.5 Å². The van der Waals surface area contributed by atoms with Gasteiger partial charge in [-0.05, 0) is 31.2 Å². The number of aromatic nitrogens is 2. The molecule has 0 bridgehead atoms. The van der Waals surface area contributed by atoms with Crippen LogP contribution in [-0.2, 0) is 0 Å². The minimum Gasteiger partial charge on any atom is -0.310 e. The van der Waals surface area contributed by atoms with Crippen molar-refractivity contribution >= 4 is 0 Å². The van der Waals surface area contributed by atoms with Crippen molar-refractivity contribution in [3.05, 3.63) is 24.3 Å². The van der Waals surface area contributed by atoms with Crippen molar-refractivity contribution in [1.82, 2.24) is 15.3 Å². The Balaban J connectivity index is 2.02. The molecule has 1 heterocycles. The van der Waals surface area contributed by atoms with Gasteiger partial charge in [-0.15, -0.1) is 0 Å². The van der Waals surface area contributed by atoms with Crippen molar-refractivity contribution in [3.8, 4) is 0 Å². The normalized spacial score (nSPS) is 25.9. The lowest BCUT2D eigenvalue weighted by Gasteiger charge is -2.34. The summed E-state index contributed by atoms with van der Waals surface area (Å²) in [5.41, 5.74) is 1.25. The summed E-state index contributed by atoms with van der Waals surface area (Å²) in [6, 6.07) is 0.439. The Morgan fingerprint density at radius 1 is 1.17 bits per heavy atom. The highest BCUT2D eigenvalue weighted by Crippen LogP contribution is 2.37. The molecular formula is C15H25N3. The van der Waals surface area contributed by atoms with E-state index in [2.05, 4.69) is 29.1 Å². The quantitative estimate of drug-likeness (QED) is 0.867. The third-order valence-corrected chi connectivity index (χ3v) is 4.30. The first-order valence-electron chi connectivity index (χ1n) is 7.33. The van der Waals surface area contributed by atoms with Crippen LogP contribution in [0.2, 0.25) is 0 Å². The molecule has 0 amide bonds. The van der Waals surface area contributed by atoms with Crippen LogP contribution >= 0.6 is 0 Å². The van der Waals surface area contributed by atoms with Gasteiger partial charge in [0.25, 0.3) is 0 Å². The van der Waals surface area contributed by atoms with Crippen molar-refractivity contribution < 1.29 is 0 Å². The van der Waals surface area contributed by atoms with Crippen molar-refractivity contribution in [1.29, 1.82) is 0 Å². The van der Waals surface area contributed by atoms with Crippen LogP contribution < -0.4 is 5.32 Å². The van der Waals surface area contributed by atoms with Gasteiger partial charge in [0.2, 0.25) is 0 Å². The second-order valence-corrected chi connectivity index (χ2v) is 5.40. The zero-order chi connectivity index (χ0) is 12.8. The zero-order valence-electron chi connectivity index (χ0n) is 11.6. The topological polar surface area (TPSA) is 37.8 Å². The van der Waals surface area contributed by atoms with Gasteiger partial charge in [-0.25, -0.2) is 9.97 Å². The van der Waals surface area contributed by atoms with Crippen LogP contribution in [0.3, 0.4) is 0 Å². The number of hydrogen-bond acceptors (Lipinski definition) is 3. The number of rotatable bonds is 5. The molecule has 0 saturated heterocycles. The van der Waals surface area contributed by atoms with Gasteiger partial charge in [-0.1, -0.05) is 33.1 Å². The van der Waals surface area contributed by atoms with Gasteiger partial charge < -0.3 is 5.32 Å². The van der Waals surface area contributed by atoms with Crippen LogP contribution in [0.5, 0.6) is 0 Å². The Labute approximate surface area is 110 Å². The molecule has 18 heavy (non-hydrogen) atoms. The van der Waals surface area contributed by atoms with E-state index in [0.717, 1.165) is 18.4 Å². The second-order valence-electron chi connectivity index (χ2n) is 5.40. The molecule has 1 aromatic rings. The molecule has 1 N–H and O–H groups in total. The third-order valence-electron chi connectivity index (χ3n) is 4.30. The fraction of sp³-hybridized carbons (Fsp3) is 0.733. The highest BCUT2D eigenvalue weighted by molar-refractivity contribution is 5.11. The van der Waals surface area contributed by atoms with Gasteiger partial charge in [-0.2, -0.15) is 0 Å². The maximum atomic E-state index is 4.16. The first kappa shape index (κ1) is 13.5. The van der Waals surface area contributed by atoms with E-state index in [9.17, 15) is 0 Å². The Morgan fingerprint density at radius 2 is 1.83 bits per heavy atom. The summed E-state index contributed by atoms with van der Waals surface area (Å²) in [4.78, 5) is 8.33. The van der Waals surface area contributed by atoms with Gasteiger partial charge in [0.15, 0.2) is 0 Å². The van der Waals surface area contributed by atoms with Crippen LogP contribution in [0, 0.1) is 11.8 Å². The van der Waals surface area contributed by atoms with E-state index in [0.29, 0.717) is 6.04 Å². The van der Waals surface area contributed by atoms with Crippen LogP contribution in [0.1, 0.15) is 57.6 Å². The smallest absolute Gasteiger partial charge is 0.115 e. The summed E-state index contributed by atoms with van der Waals surface area (Å²) in [5, 5.41) is 3.62. The van der Waals surface area contributed by atoms with Crippen molar-refractivity contribution in [3.63, 3.8) is 0 Å².